The molecule has 1 rings (SSSR count). The number of hydrogen-bond acceptors (Lipinski definition) is 3. The van der Waals surface area contributed by atoms with Gasteiger partial charge in [0.05, 0.1) is 13.7 Å². The molecule has 0 spiro atoms. The van der Waals surface area contributed by atoms with Crippen molar-refractivity contribution in [2.24, 2.45) is 0 Å². The normalized spacial score (nSPS) is 9.90. The van der Waals surface area contributed by atoms with E-state index in [4.69, 9.17) is 9.84 Å². The third-order valence-electron chi connectivity index (χ3n) is 1.44. The summed E-state index contributed by atoms with van der Waals surface area (Å²) >= 11 is 1.60. The van der Waals surface area contributed by atoms with Gasteiger partial charge in [0.25, 0.3) is 0 Å². The molecule has 0 saturated carbocycles. The van der Waals surface area contributed by atoms with Crippen LogP contribution in [0.4, 0.5) is 0 Å². The highest BCUT2D eigenvalue weighted by Crippen LogP contribution is 2.27. The Morgan fingerprint density at radius 3 is 2.80 bits per heavy atom. The van der Waals surface area contributed by atoms with Crippen molar-refractivity contribution in [3.63, 3.8) is 0 Å². The number of rotatable bonds is 2. The monoisotopic (exact) mass is 158 g/mol. The fraction of sp³-hybridized carbons (Fsp3) is 0.429. The van der Waals surface area contributed by atoms with Crippen molar-refractivity contribution < 1.29 is 9.84 Å². The SMILES string of the molecule is COc1csc(C)c1CO. The Hall–Kier alpha value is -0.540. The van der Waals surface area contributed by atoms with Gasteiger partial charge in [0.2, 0.25) is 0 Å². The quantitative estimate of drug-likeness (QED) is 0.707. The molecule has 2 nitrogen and oxygen atoms in total. The molecule has 10 heavy (non-hydrogen) atoms. The van der Waals surface area contributed by atoms with E-state index in [-0.39, 0.29) is 6.61 Å². The third-order valence-corrected chi connectivity index (χ3v) is 2.38. The van der Waals surface area contributed by atoms with Crippen molar-refractivity contribution in [1.29, 1.82) is 0 Å². The van der Waals surface area contributed by atoms with Crippen LogP contribution in [0, 0.1) is 6.92 Å². The van der Waals surface area contributed by atoms with Crippen molar-refractivity contribution >= 4 is 11.3 Å². The van der Waals surface area contributed by atoms with Crippen LogP contribution in [0.25, 0.3) is 0 Å². The number of aliphatic hydroxyl groups is 1. The van der Waals surface area contributed by atoms with Crippen LogP contribution in [0.3, 0.4) is 0 Å². The largest absolute Gasteiger partial charge is 0.495 e. The van der Waals surface area contributed by atoms with Gasteiger partial charge >= 0.3 is 0 Å². The van der Waals surface area contributed by atoms with Crippen LogP contribution in [0.5, 0.6) is 5.75 Å². The van der Waals surface area contributed by atoms with Crippen molar-refractivity contribution in [3.05, 3.63) is 15.8 Å². The summed E-state index contributed by atoms with van der Waals surface area (Å²) < 4.78 is 5.01. The topological polar surface area (TPSA) is 29.5 Å². The van der Waals surface area contributed by atoms with Crippen molar-refractivity contribution in [2.45, 2.75) is 13.5 Å². The minimum atomic E-state index is 0.0680. The zero-order valence-electron chi connectivity index (χ0n) is 6.05. The molecule has 0 aromatic carbocycles. The fourth-order valence-electron chi connectivity index (χ4n) is 0.818. The standard InChI is InChI=1S/C7H10O2S/c1-5-6(3-8)7(9-2)4-10-5/h4,8H,3H2,1-2H3. The van der Waals surface area contributed by atoms with E-state index in [0.29, 0.717) is 0 Å². The van der Waals surface area contributed by atoms with Gasteiger partial charge in [0.1, 0.15) is 5.75 Å². The van der Waals surface area contributed by atoms with Gasteiger partial charge < -0.3 is 9.84 Å². The second-order valence-electron chi connectivity index (χ2n) is 2.00. The Labute approximate surface area is 64.1 Å². The number of ether oxygens (including phenoxy) is 1. The molecule has 0 fully saturated rings. The predicted octanol–water partition coefficient (Wildman–Crippen LogP) is 1.56. The van der Waals surface area contributed by atoms with Gasteiger partial charge in [-0.15, -0.1) is 11.3 Å². The van der Waals surface area contributed by atoms with E-state index >= 15 is 0 Å². The summed E-state index contributed by atoms with van der Waals surface area (Å²) in [5.74, 6) is 0.796. The summed E-state index contributed by atoms with van der Waals surface area (Å²) in [5, 5.41) is 10.7. The molecular formula is C7H10O2S. The number of thiophene rings is 1. The first-order chi connectivity index (χ1) is 4.79. The van der Waals surface area contributed by atoms with Crippen LogP contribution in [-0.2, 0) is 6.61 Å². The van der Waals surface area contributed by atoms with E-state index in [1.54, 1.807) is 18.4 Å². The summed E-state index contributed by atoms with van der Waals surface area (Å²) in [5.41, 5.74) is 0.910. The van der Waals surface area contributed by atoms with E-state index in [9.17, 15) is 0 Å². The van der Waals surface area contributed by atoms with Crippen molar-refractivity contribution in [3.8, 4) is 5.75 Å². The lowest BCUT2D eigenvalue weighted by atomic mass is 10.3. The van der Waals surface area contributed by atoms with Gasteiger partial charge in [0.15, 0.2) is 0 Å². The second-order valence-corrected chi connectivity index (χ2v) is 3.08. The molecule has 1 heterocycles. The Morgan fingerprint density at radius 1 is 1.70 bits per heavy atom. The van der Waals surface area contributed by atoms with Gasteiger partial charge in [-0.05, 0) is 6.92 Å². The van der Waals surface area contributed by atoms with Crippen LogP contribution in [0.15, 0.2) is 5.38 Å². The molecule has 1 aromatic rings. The van der Waals surface area contributed by atoms with E-state index < -0.39 is 0 Å². The summed E-state index contributed by atoms with van der Waals surface area (Å²) in [6.07, 6.45) is 0. The molecular weight excluding hydrogens is 148 g/mol. The lowest BCUT2D eigenvalue weighted by molar-refractivity contribution is 0.274. The van der Waals surface area contributed by atoms with Crippen LogP contribution < -0.4 is 4.74 Å². The molecule has 0 atom stereocenters. The second kappa shape index (κ2) is 3.03. The lowest BCUT2D eigenvalue weighted by Gasteiger charge is -1.98. The zero-order chi connectivity index (χ0) is 7.56. The first-order valence-electron chi connectivity index (χ1n) is 3.01. The Kier molecular flexibility index (Phi) is 2.29. The molecule has 0 aliphatic heterocycles. The average Bonchev–Trinajstić information content (AvgIpc) is 2.30. The maximum atomic E-state index is 8.85. The molecule has 0 unspecified atom stereocenters. The van der Waals surface area contributed by atoms with Gasteiger partial charge in [-0.1, -0.05) is 0 Å². The summed E-state index contributed by atoms with van der Waals surface area (Å²) in [6, 6.07) is 0. The summed E-state index contributed by atoms with van der Waals surface area (Å²) in [6.45, 7) is 2.04. The molecule has 1 aromatic heterocycles. The Balaban J connectivity index is 3.01. The minimum absolute atomic E-state index is 0.0680. The molecule has 0 aliphatic carbocycles. The fourth-order valence-corrected chi connectivity index (χ4v) is 1.65. The number of aryl methyl sites for hydroxylation is 1. The molecule has 56 valence electrons. The molecule has 0 bridgehead atoms. The number of hydrogen-bond donors (Lipinski definition) is 1. The van der Waals surface area contributed by atoms with E-state index in [0.717, 1.165) is 16.2 Å². The lowest BCUT2D eigenvalue weighted by Crippen LogP contribution is -1.88. The summed E-state index contributed by atoms with van der Waals surface area (Å²) in [7, 11) is 1.61. The highest BCUT2D eigenvalue weighted by atomic mass is 32.1. The molecule has 0 aliphatic rings. The van der Waals surface area contributed by atoms with Crippen molar-refractivity contribution in [1.82, 2.24) is 0 Å². The van der Waals surface area contributed by atoms with Crippen LogP contribution in [0.2, 0.25) is 0 Å². The van der Waals surface area contributed by atoms with E-state index in [1.165, 1.54) is 0 Å². The smallest absolute Gasteiger partial charge is 0.135 e. The zero-order valence-corrected chi connectivity index (χ0v) is 6.86. The van der Waals surface area contributed by atoms with Gasteiger partial charge in [-0.2, -0.15) is 0 Å². The first kappa shape index (κ1) is 7.57. The molecule has 1 N–H and O–H groups in total. The predicted molar refractivity (Wildman–Crippen MR) is 41.5 cm³/mol. The highest BCUT2D eigenvalue weighted by Gasteiger charge is 2.05. The van der Waals surface area contributed by atoms with Crippen LogP contribution in [-0.4, -0.2) is 12.2 Å². The minimum Gasteiger partial charge on any atom is -0.495 e. The molecule has 0 radical (unpaired) electrons. The number of methoxy groups -OCH3 is 1. The highest BCUT2D eigenvalue weighted by molar-refractivity contribution is 7.10. The maximum absolute atomic E-state index is 8.85. The maximum Gasteiger partial charge on any atom is 0.135 e. The molecule has 3 heteroatoms. The molecule has 0 amide bonds. The average molecular weight is 158 g/mol. The molecule has 0 saturated heterocycles. The van der Waals surface area contributed by atoms with E-state index in [1.807, 2.05) is 12.3 Å². The third kappa shape index (κ3) is 1.15. The Morgan fingerprint density at radius 2 is 2.40 bits per heavy atom. The van der Waals surface area contributed by atoms with Crippen LogP contribution in [0.1, 0.15) is 10.4 Å². The van der Waals surface area contributed by atoms with E-state index in [2.05, 4.69) is 0 Å². The Bertz CT molecular complexity index is 217. The van der Waals surface area contributed by atoms with Crippen LogP contribution >= 0.6 is 11.3 Å². The summed E-state index contributed by atoms with van der Waals surface area (Å²) in [4.78, 5) is 1.12. The van der Waals surface area contributed by atoms with Gasteiger partial charge in [0, 0.05) is 15.8 Å². The van der Waals surface area contributed by atoms with Gasteiger partial charge in [-0.3, -0.25) is 0 Å². The van der Waals surface area contributed by atoms with Crippen molar-refractivity contribution in [2.75, 3.05) is 7.11 Å². The number of aliphatic hydroxyl groups excluding tert-OH is 1. The first-order valence-corrected chi connectivity index (χ1v) is 3.89. The van der Waals surface area contributed by atoms with Gasteiger partial charge in [-0.25, -0.2) is 0 Å².